The van der Waals surface area contributed by atoms with E-state index in [0.29, 0.717) is 11.4 Å². The normalized spacial score (nSPS) is 14.6. The fraction of sp³-hybridized carbons (Fsp3) is 0.467. The molecule has 0 atom stereocenters. The van der Waals surface area contributed by atoms with E-state index in [1.54, 1.807) is 13.2 Å². The molecule has 0 aliphatic heterocycles. The first kappa shape index (κ1) is 14.4. The number of carbonyl (C=O) groups is 1. The van der Waals surface area contributed by atoms with Crippen LogP contribution in [-0.2, 0) is 4.84 Å². The minimum absolute atomic E-state index is 0.585. The minimum Gasteiger partial charge on any atom is -0.495 e. The average Bonchev–Trinajstić information content (AvgIpc) is 2.46. The van der Waals surface area contributed by atoms with Crippen molar-refractivity contribution < 1.29 is 14.4 Å². The molecule has 0 bridgehead atoms. The smallest absolute Gasteiger partial charge is 0.437 e. The number of rotatable bonds is 3. The first-order valence-corrected chi connectivity index (χ1v) is 6.87. The maximum Gasteiger partial charge on any atom is 0.437 e. The first-order chi connectivity index (χ1) is 9.69. The number of ether oxygens (including phenoxy) is 1. The Kier molecular flexibility index (Phi) is 4.98. The number of anilines is 1. The molecule has 2 rings (SSSR count). The van der Waals surface area contributed by atoms with Gasteiger partial charge in [-0.25, -0.2) is 4.79 Å². The van der Waals surface area contributed by atoms with Crippen LogP contribution in [0, 0.1) is 6.92 Å². The van der Waals surface area contributed by atoms with E-state index < -0.39 is 6.09 Å². The van der Waals surface area contributed by atoms with Gasteiger partial charge < -0.3 is 4.74 Å². The van der Waals surface area contributed by atoms with Crippen LogP contribution in [0.5, 0.6) is 5.75 Å². The van der Waals surface area contributed by atoms with E-state index >= 15 is 0 Å². The van der Waals surface area contributed by atoms with Crippen LogP contribution in [0.15, 0.2) is 23.4 Å². The molecular formula is C15H20N2O3. The molecule has 1 saturated carbocycles. The van der Waals surface area contributed by atoms with Crippen molar-refractivity contribution in [2.45, 2.75) is 39.0 Å². The number of oxime groups is 1. The second kappa shape index (κ2) is 6.93. The van der Waals surface area contributed by atoms with Crippen molar-refractivity contribution in [2.75, 3.05) is 12.4 Å². The van der Waals surface area contributed by atoms with Gasteiger partial charge >= 0.3 is 6.09 Å². The summed E-state index contributed by atoms with van der Waals surface area (Å²) in [6.07, 6.45) is 4.71. The highest BCUT2D eigenvalue weighted by molar-refractivity contribution is 5.89. The highest BCUT2D eigenvalue weighted by Gasteiger charge is 2.11. The summed E-state index contributed by atoms with van der Waals surface area (Å²) in [5, 5.41) is 6.57. The fourth-order valence-electron chi connectivity index (χ4n) is 2.21. The Hall–Kier alpha value is -2.04. The van der Waals surface area contributed by atoms with Crippen molar-refractivity contribution in [2.24, 2.45) is 5.16 Å². The third kappa shape index (κ3) is 3.98. The number of methoxy groups -OCH3 is 1. The zero-order chi connectivity index (χ0) is 14.4. The maximum absolute atomic E-state index is 11.7. The van der Waals surface area contributed by atoms with Gasteiger partial charge in [0.25, 0.3) is 0 Å². The molecule has 1 aliphatic carbocycles. The van der Waals surface area contributed by atoms with E-state index in [4.69, 9.17) is 9.57 Å². The van der Waals surface area contributed by atoms with Crippen LogP contribution in [0.3, 0.4) is 0 Å². The number of hydrogen-bond donors (Lipinski definition) is 1. The summed E-state index contributed by atoms with van der Waals surface area (Å²) in [6, 6.07) is 5.55. The molecule has 0 spiro atoms. The molecule has 0 aromatic heterocycles. The van der Waals surface area contributed by atoms with Crippen LogP contribution in [0.25, 0.3) is 0 Å². The topological polar surface area (TPSA) is 59.9 Å². The molecule has 0 saturated heterocycles. The van der Waals surface area contributed by atoms with Gasteiger partial charge in [0.2, 0.25) is 0 Å². The monoisotopic (exact) mass is 276 g/mol. The highest BCUT2D eigenvalue weighted by Crippen LogP contribution is 2.25. The molecule has 1 N–H and O–H groups in total. The van der Waals surface area contributed by atoms with E-state index in [9.17, 15) is 4.79 Å². The lowest BCUT2D eigenvalue weighted by Gasteiger charge is -2.12. The van der Waals surface area contributed by atoms with Crippen LogP contribution in [0.1, 0.15) is 37.7 Å². The lowest BCUT2D eigenvalue weighted by molar-refractivity contribution is 0.165. The Morgan fingerprint density at radius 1 is 1.25 bits per heavy atom. The SMILES string of the molecule is COc1ccc(C)cc1NC(=O)ON=C1CCCCC1. The van der Waals surface area contributed by atoms with Gasteiger partial charge in [-0.1, -0.05) is 17.6 Å². The number of aryl methyl sites for hydroxylation is 1. The molecule has 0 radical (unpaired) electrons. The zero-order valence-corrected chi connectivity index (χ0v) is 11.9. The molecule has 0 unspecified atom stereocenters. The lowest BCUT2D eigenvalue weighted by Crippen LogP contribution is -2.14. The Morgan fingerprint density at radius 2 is 2.00 bits per heavy atom. The van der Waals surface area contributed by atoms with Crippen LogP contribution in [0.2, 0.25) is 0 Å². The molecule has 5 nitrogen and oxygen atoms in total. The Morgan fingerprint density at radius 3 is 2.70 bits per heavy atom. The van der Waals surface area contributed by atoms with E-state index in [2.05, 4.69) is 10.5 Å². The summed E-state index contributed by atoms with van der Waals surface area (Å²) in [5.41, 5.74) is 2.57. The van der Waals surface area contributed by atoms with Crippen molar-refractivity contribution in [1.82, 2.24) is 0 Å². The van der Waals surface area contributed by atoms with Gasteiger partial charge in [-0.05, 0) is 50.3 Å². The molecule has 1 amide bonds. The van der Waals surface area contributed by atoms with E-state index in [1.165, 1.54) is 6.42 Å². The molecule has 0 heterocycles. The molecule has 5 heteroatoms. The van der Waals surface area contributed by atoms with Gasteiger partial charge in [0.15, 0.2) is 0 Å². The molecule has 20 heavy (non-hydrogen) atoms. The van der Waals surface area contributed by atoms with Crippen molar-refractivity contribution in [3.63, 3.8) is 0 Å². The predicted molar refractivity (Wildman–Crippen MR) is 78.4 cm³/mol. The number of hydrogen-bond acceptors (Lipinski definition) is 4. The summed E-state index contributed by atoms with van der Waals surface area (Å²) in [4.78, 5) is 16.6. The second-order valence-electron chi connectivity index (χ2n) is 4.93. The number of amides is 1. The largest absolute Gasteiger partial charge is 0.495 e. The second-order valence-corrected chi connectivity index (χ2v) is 4.93. The minimum atomic E-state index is -0.591. The zero-order valence-electron chi connectivity index (χ0n) is 11.9. The molecule has 1 fully saturated rings. The lowest BCUT2D eigenvalue weighted by atomic mass is 9.99. The average molecular weight is 276 g/mol. The van der Waals surface area contributed by atoms with E-state index in [0.717, 1.165) is 37.0 Å². The third-order valence-electron chi connectivity index (χ3n) is 3.28. The van der Waals surface area contributed by atoms with Crippen LogP contribution < -0.4 is 10.1 Å². The highest BCUT2D eigenvalue weighted by atomic mass is 16.7. The van der Waals surface area contributed by atoms with Crippen molar-refractivity contribution in [1.29, 1.82) is 0 Å². The fourth-order valence-corrected chi connectivity index (χ4v) is 2.21. The van der Waals surface area contributed by atoms with Gasteiger partial charge in [0.1, 0.15) is 5.75 Å². The molecular weight excluding hydrogens is 256 g/mol. The Bertz CT molecular complexity index is 504. The van der Waals surface area contributed by atoms with Gasteiger partial charge in [-0.15, -0.1) is 0 Å². The Labute approximate surface area is 118 Å². The molecule has 1 aliphatic rings. The standard InChI is InChI=1S/C15H20N2O3/c1-11-8-9-14(19-2)13(10-11)16-15(18)20-17-12-6-4-3-5-7-12/h8-10H,3-7H2,1-2H3,(H,16,18). The van der Waals surface area contributed by atoms with Crippen LogP contribution >= 0.6 is 0 Å². The Balaban J connectivity index is 1.95. The van der Waals surface area contributed by atoms with Crippen molar-refractivity contribution in [3.8, 4) is 5.75 Å². The first-order valence-electron chi connectivity index (χ1n) is 6.87. The molecule has 1 aromatic rings. The van der Waals surface area contributed by atoms with Gasteiger partial charge in [-0.2, -0.15) is 0 Å². The summed E-state index contributed by atoms with van der Waals surface area (Å²) >= 11 is 0. The van der Waals surface area contributed by atoms with Gasteiger partial charge in [-0.3, -0.25) is 10.2 Å². The molecule has 1 aromatic carbocycles. The summed E-state index contributed by atoms with van der Waals surface area (Å²) in [7, 11) is 1.56. The van der Waals surface area contributed by atoms with E-state index in [-0.39, 0.29) is 0 Å². The predicted octanol–water partition coefficient (Wildman–Crippen LogP) is 3.87. The number of carbonyl (C=O) groups excluding carboxylic acids is 1. The maximum atomic E-state index is 11.7. The molecule has 108 valence electrons. The summed E-state index contributed by atoms with van der Waals surface area (Å²) in [6.45, 7) is 1.94. The van der Waals surface area contributed by atoms with Gasteiger partial charge in [0, 0.05) is 0 Å². The quantitative estimate of drug-likeness (QED) is 0.673. The number of nitrogens with zero attached hydrogens (tertiary/aromatic N) is 1. The van der Waals surface area contributed by atoms with Gasteiger partial charge in [0.05, 0.1) is 18.5 Å². The van der Waals surface area contributed by atoms with Crippen molar-refractivity contribution >= 4 is 17.5 Å². The summed E-state index contributed by atoms with van der Waals surface area (Å²) < 4.78 is 5.19. The summed E-state index contributed by atoms with van der Waals surface area (Å²) in [5.74, 6) is 0.595. The third-order valence-corrected chi connectivity index (χ3v) is 3.28. The van der Waals surface area contributed by atoms with Crippen LogP contribution in [0.4, 0.5) is 10.5 Å². The van der Waals surface area contributed by atoms with E-state index in [1.807, 2.05) is 19.1 Å². The van der Waals surface area contributed by atoms with Crippen LogP contribution in [-0.4, -0.2) is 18.9 Å². The number of benzene rings is 1. The number of nitrogens with one attached hydrogen (secondary N) is 1. The van der Waals surface area contributed by atoms with Crippen molar-refractivity contribution in [3.05, 3.63) is 23.8 Å².